The molecule has 0 spiro atoms. The van der Waals surface area contributed by atoms with Gasteiger partial charge in [-0.3, -0.25) is 0 Å². The van der Waals surface area contributed by atoms with Gasteiger partial charge in [0.2, 0.25) is 0 Å². The predicted molar refractivity (Wildman–Crippen MR) is 208 cm³/mol. The second-order valence-electron chi connectivity index (χ2n) is 12.7. The number of hydrogen-bond donors (Lipinski definition) is 0. The van der Waals surface area contributed by atoms with E-state index in [9.17, 15) is 0 Å². The van der Waals surface area contributed by atoms with E-state index in [-0.39, 0.29) is 0 Å². The van der Waals surface area contributed by atoms with Crippen molar-refractivity contribution >= 4 is 59.0 Å². The number of rotatable bonds is 5. The summed E-state index contributed by atoms with van der Waals surface area (Å²) in [6, 6.07) is 46.5. The average molecular weight is 660 g/mol. The van der Waals surface area contributed by atoms with E-state index < -0.39 is 0 Å². The van der Waals surface area contributed by atoms with Gasteiger partial charge in [-0.25, -0.2) is 15.0 Å². The summed E-state index contributed by atoms with van der Waals surface area (Å²) in [5.41, 5.74) is 9.04. The van der Waals surface area contributed by atoms with Gasteiger partial charge in [0.05, 0.1) is 0 Å². The monoisotopic (exact) mass is 659 g/mol. The fourth-order valence-corrected chi connectivity index (χ4v) is 8.31. The summed E-state index contributed by atoms with van der Waals surface area (Å²) in [7, 11) is 0. The molecule has 3 heterocycles. The molecule has 1 aliphatic carbocycles. The lowest BCUT2D eigenvalue weighted by Gasteiger charge is -2.15. The molecule has 0 amide bonds. The SMILES string of the molecule is C1=CCCC(c2c(-c3nc(-c4ccccc4)nc(-c4ccccc4)n3)ccc3c2oc2c(-c4ccc5sc6ccccc6c5c4)cccc23)=C1. The molecule has 0 bridgehead atoms. The Bertz CT molecular complexity index is 2750. The summed E-state index contributed by atoms with van der Waals surface area (Å²) in [5, 5.41) is 4.74. The highest BCUT2D eigenvalue weighted by atomic mass is 32.1. The zero-order valence-electron chi connectivity index (χ0n) is 27.0. The van der Waals surface area contributed by atoms with Crippen LogP contribution in [0.2, 0.25) is 0 Å². The first-order valence-electron chi connectivity index (χ1n) is 16.9. The third kappa shape index (κ3) is 4.78. The summed E-state index contributed by atoms with van der Waals surface area (Å²) in [4.78, 5) is 15.2. The summed E-state index contributed by atoms with van der Waals surface area (Å²) in [6.45, 7) is 0. The van der Waals surface area contributed by atoms with Crippen LogP contribution in [0.1, 0.15) is 18.4 Å². The Morgan fingerprint density at radius 3 is 1.94 bits per heavy atom. The lowest BCUT2D eigenvalue weighted by molar-refractivity contribution is 0.668. The van der Waals surface area contributed by atoms with E-state index in [1.807, 2.05) is 72.0 Å². The van der Waals surface area contributed by atoms with Crippen LogP contribution in [0.25, 0.3) is 93.0 Å². The topological polar surface area (TPSA) is 51.8 Å². The molecule has 0 N–H and O–H groups in total. The molecular formula is C45H29N3OS. The molecule has 236 valence electrons. The van der Waals surface area contributed by atoms with Gasteiger partial charge < -0.3 is 4.42 Å². The second-order valence-corrected chi connectivity index (χ2v) is 13.7. The van der Waals surface area contributed by atoms with Crippen molar-refractivity contribution in [2.75, 3.05) is 0 Å². The summed E-state index contributed by atoms with van der Waals surface area (Å²) in [6.07, 6.45) is 8.44. The second kappa shape index (κ2) is 11.8. The molecule has 5 heteroatoms. The first-order valence-corrected chi connectivity index (χ1v) is 17.7. The lowest BCUT2D eigenvalue weighted by atomic mass is 9.91. The van der Waals surface area contributed by atoms with Crippen LogP contribution in [0, 0.1) is 0 Å². The van der Waals surface area contributed by atoms with Gasteiger partial charge >= 0.3 is 0 Å². The molecule has 0 atom stereocenters. The van der Waals surface area contributed by atoms with E-state index in [0.717, 1.165) is 68.2 Å². The van der Waals surface area contributed by atoms with Crippen molar-refractivity contribution in [2.24, 2.45) is 0 Å². The first-order chi connectivity index (χ1) is 24.8. The number of aromatic nitrogens is 3. The normalized spacial score (nSPS) is 13.1. The van der Waals surface area contributed by atoms with Gasteiger partial charge in [-0.05, 0) is 54.3 Å². The van der Waals surface area contributed by atoms with E-state index in [0.29, 0.717) is 17.5 Å². The van der Waals surface area contributed by atoms with Crippen LogP contribution in [0.3, 0.4) is 0 Å². The number of allylic oxidation sites excluding steroid dienone is 4. The number of para-hydroxylation sites is 1. The van der Waals surface area contributed by atoms with Crippen molar-refractivity contribution in [2.45, 2.75) is 12.8 Å². The Kier molecular flexibility index (Phi) is 6.78. The van der Waals surface area contributed by atoms with Crippen LogP contribution in [0.5, 0.6) is 0 Å². The number of benzene rings is 6. The molecule has 3 aromatic heterocycles. The zero-order chi connectivity index (χ0) is 33.0. The maximum atomic E-state index is 7.06. The molecule has 9 aromatic rings. The number of thiophene rings is 1. The minimum Gasteiger partial charge on any atom is -0.455 e. The Labute approximate surface area is 292 Å². The van der Waals surface area contributed by atoms with Crippen LogP contribution in [-0.4, -0.2) is 15.0 Å². The first kappa shape index (κ1) is 28.8. The Morgan fingerprint density at radius 2 is 1.18 bits per heavy atom. The van der Waals surface area contributed by atoms with Gasteiger partial charge in [0.1, 0.15) is 11.2 Å². The van der Waals surface area contributed by atoms with Gasteiger partial charge in [-0.15, -0.1) is 11.3 Å². The van der Waals surface area contributed by atoms with Crippen molar-refractivity contribution in [3.05, 3.63) is 157 Å². The van der Waals surface area contributed by atoms with Crippen LogP contribution in [0.4, 0.5) is 0 Å². The van der Waals surface area contributed by atoms with Crippen LogP contribution in [0.15, 0.2) is 156 Å². The molecule has 0 radical (unpaired) electrons. The third-order valence-electron chi connectivity index (χ3n) is 9.63. The zero-order valence-corrected chi connectivity index (χ0v) is 27.8. The Morgan fingerprint density at radius 1 is 0.500 bits per heavy atom. The number of hydrogen-bond acceptors (Lipinski definition) is 5. The summed E-state index contributed by atoms with van der Waals surface area (Å²) < 4.78 is 9.66. The molecule has 6 aromatic carbocycles. The quantitative estimate of drug-likeness (QED) is 0.184. The molecule has 1 aliphatic rings. The molecule has 10 rings (SSSR count). The number of nitrogens with zero attached hydrogens (tertiary/aromatic N) is 3. The van der Waals surface area contributed by atoms with Gasteiger partial charge in [-0.2, -0.15) is 0 Å². The smallest absolute Gasteiger partial charge is 0.164 e. The molecule has 4 nitrogen and oxygen atoms in total. The van der Waals surface area contributed by atoms with E-state index in [1.165, 1.54) is 25.7 Å². The molecule has 0 fully saturated rings. The standard InChI is InChI=1S/C45H29N3OS/c1-4-13-28(14-5-1)40-36(45-47-43(29-15-6-2-7-16-29)46-44(48-45)30-17-8-3-9-18-30)25-24-35-34-21-12-20-32(41(34)49-42(35)40)31-23-26-39-37(27-31)33-19-10-11-22-38(33)50-39/h1-4,6-13,15-27H,5,14H2. The lowest BCUT2D eigenvalue weighted by Crippen LogP contribution is -2.02. The highest BCUT2D eigenvalue weighted by molar-refractivity contribution is 7.25. The fraction of sp³-hybridized carbons (Fsp3) is 0.0444. The average Bonchev–Trinajstić information content (AvgIpc) is 3.76. The molecule has 0 saturated carbocycles. The highest BCUT2D eigenvalue weighted by Crippen LogP contribution is 2.44. The Balaban J connectivity index is 1.22. The van der Waals surface area contributed by atoms with Crippen molar-refractivity contribution in [3.63, 3.8) is 0 Å². The molecule has 50 heavy (non-hydrogen) atoms. The number of fused-ring (bicyclic) bond motifs is 6. The van der Waals surface area contributed by atoms with Crippen LogP contribution >= 0.6 is 11.3 Å². The highest BCUT2D eigenvalue weighted by Gasteiger charge is 2.23. The van der Waals surface area contributed by atoms with Gasteiger partial charge in [-0.1, -0.05) is 121 Å². The molecule has 0 aliphatic heterocycles. The van der Waals surface area contributed by atoms with Crippen LogP contribution < -0.4 is 0 Å². The Hall–Kier alpha value is -6.17. The van der Waals surface area contributed by atoms with Crippen molar-refractivity contribution in [1.29, 1.82) is 0 Å². The fourth-order valence-electron chi connectivity index (χ4n) is 7.23. The van der Waals surface area contributed by atoms with E-state index in [2.05, 4.69) is 91.0 Å². The molecular weight excluding hydrogens is 631 g/mol. The van der Waals surface area contributed by atoms with E-state index >= 15 is 0 Å². The maximum Gasteiger partial charge on any atom is 0.164 e. The van der Waals surface area contributed by atoms with Crippen molar-refractivity contribution in [3.8, 4) is 45.3 Å². The minimum absolute atomic E-state index is 0.625. The molecule has 0 unspecified atom stereocenters. The third-order valence-corrected chi connectivity index (χ3v) is 10.8. The van der Waals surface area contributed by atoms with E-state index in [4.69, 9.17) is 19.4 Å². The molecule has 0 saturated heterocycles. The number of furan rings is 1. The summed E-state index contributed by atoms with van der Waals surface area (Å²) >= 11 is 1.84. The summed E-state index contributed by atoms with van der Waals surface area (Å²) in [5.74, 6) is 1.91. The van der Waals surface area contributed by atoms with Crippen molar-refractivity contribution in [1.82, 2.24) is 15.0 Å². The van der Waals surface area contributed by atoms with Crippen LogP contribution in [-0.2, 0) is 0 Å². The van der Waals surface area contributed by atoms with Crippen molar-refractivity contribution < 1.29 is 4.42 Å². The van der Waals surface area contributed by atoms with E-state index in [1.54, 1.807) is 0 Å². The maximum absolute atomic E-state index is 7.06. The minimum atomic E-state index is 0.625. The largest absolute Gasteiger partial charge is 0.455 e. The predicted octanol–water partition coefficient (Wildman–Crippen LogP) is 12.5. The van der Waals surface area contributed by atoms with Gasteiger partial charge in [0, 0.05) is 58.8 Å². The van der Waals surface area contributed by atoms with Gasteiger partial charge in [0.25, 0.3) is 0 Å². The van der Waals surface area contributed by atoms with Gasteiger partial charge in [0.15, 0.2) is 17.5 Å².